The molecule has 4 nitrogen and oxygen atoms in total. The fourth-order valence-electron chi connectivity index (χ4n) is 2.51. The second-order valence-electron chi connectivity index (χ2n) is 4.96. The molecule has 4 rings (SSSR count). The number of rotatable bonds is 2. The molecule has 0 aliphatic carbocycles. The van der Waals surface area contributed by atoms with Crippen LogP contribution in [0.15, 0.2) is 71.1 Å². The Morgan fingerprint density at radius 3 is 2.18 bits per heavy atom. The van der Waals surface area contributed by atoms with E-state index in [0.29, 0.717) is 17.3 Å². The maximum absolute atomic E-state index is 9.89. The average Bonchev–Trinajstić information content (AvgIpc) is 3.04. The second-order valence-corrected chi connectivity index (χ2v) is 4.96. The molecule has 0 amide bonds. The fourth-order valence-corrected chi connectivity index (χ4v) is 2.51. The highest BCUT2D eigenvalue weighted by Crippen LogP contribution is 2.32. The zero-order valence-electron chi connectivity index (χ0n) is 11.6. The van der Waals surface area contributed by atoms with Crippen LogP contribution in [-0.4, -0.2) is 15.3 Å². The Morgan fingerprint density at radius 1 is 0.682 bits per heavy atom. The van der Waals surface area contributed by atoms with E-state index in [4.69, 9.17) is 4.42 Å². The zero-order valence-corrected chi connectivity index (χ0v) is 11.6. The molecule has 0 fully saturated rings. The third-order valence-electron chi connectivity index (χ3n) is 3.58. The Hall–Kier alpha value is -3.14. The quantitative estimate of drug-likeness (QED) is 0.598. The van der Waals surface area contributed by atoms with Crippen LogP contribution >= 0.6 is 0 Å². The summed E-state index contributed by atoms with van der Waals surface area (Å²) < 4.78 is 5.76. The Balaban J connectivity index is 1.86. The van der Waals surface area contributed by atoms with Crippen molar-refractivity contribution in [2.24, 2.45) is 0 Å². The number of hydrogen-bond donors (Lipinski definition) is 1. The summed E-state index contributed by atoms with van der Waals surface area (Å²) >= 11 is 0. The SMILES string of the molecule is Oc1ccccc1-c1nnc(-c2cccc3ccccc23)o1. The van der Waals surface area contributed by atoms with Gasteiger partial charge in [-0.2, -0.15) is 0 Å². The molecule has 0 bridgehead atoms. The number of nitrogens with zero attached hydrogens (tertiary/aromatic N) is 2. The van der Waals surface area contributed by atoms with Crippen LogP contribution in [0.25, 0.3) is 33.7 Å². The van der Waals surface area contributed by atoms with Crippen molar-refractivity contribution in [1.29, 1.82) is 0 Å². The van der Waals surface area contributed by atoms with Gasteiger partial charge < -0.3 is 9.52 Å². The summed E-state index contributed by atoms with van der Waals surface area (Å²) in [6.07, 6.45) is 0. The molecule has 0 aliphatic heterocycles. The molecule has 1 N–H and O–H groups in total. The Morgan fingerprint density at radius 2 is 1.32 bits per heavy atom. The summed E-state index contributed by atoms with van der Waals surface area (Å²) in [6, 6.07) is 20.9. The lowest BCUT2D eigenvalue weighted by Crippen LogP contribution is -1.81. The molecule has 0 radical (unpaired) electrons. The number of fused-ring (bicyclic) bond motifs is 1. The van der Waals surface area contributed by atoms with Crippen LogP contribution in [-0.2, 0) is 0 Å². The van der Waals surface area contributed by atoms with E-state index in [1.54, 1.807) is 18.2 Å². The van der Waals surface area contributed by atoms with Gasteiger partial charge in [0.15, 0.2) is 0 Å². The number of hydrogen-bond acceptors (Lipinski definition) is 4. The highest BCUT2D eigenvalue weighted by Gasteiger charge is 2.14. The first-order valence-electron chi connectivity index (χ1n) is 6.93. The zero-order chi connectivity index (χ0) is 14.9. The van der Waals surface area contributed by atoms with Crippen molar-refractivity contribution in [3.05, 3.63) is 66.7 Å². The first-order valence-corrected chi connectivity index (χ1v) is 6.93. The lowest BCUT2D eigenvalue weighted by molar-refractivity contribution is 0.473. The van der Waals surface area contributed by atoms with Crippen molar-refractivity contribution < 1.29 is 9.52 Å². The van der Waals surface area contributed by atoms with E-state index >= 15 is 0 Å². The van der Waals surface area contributed by atoms with Crippen LogP contribution in [0.2, 0.25) is 0 Å². The molecule has 4 heteroatoms. The third kappa shape index (κ3) is 2.02. The van der Waals surface area contributed by atoms with E-state index in [1.807, 2.05) is 48.5 Å². The van der Waals surface area contributed by atoms with Crippen molar-refractivity contribution in [2.45, 2.75) is 0 Å². The van der Waals surface area contributed by atoms with Crippen LogP contribution in [0.1, 0.15) is 0 Å². The molecule has 22 heavy (non-hydrogen) atoms. The van der Waals surface area contributed by atoms with Gasteiger partial charge in [-0.3, -0.25) is 0 Å². The molecule has 0 saturated carbocycles. The van der Waals surface area contributed by atoms with Crippen molar-refractivity contribution in [1.82, 2.24) is 10.2 Å². The van der Waals surface area contributed by atoms with E-state index in [-0.39, 0.29) is 5.75 Å². The molecule has 1 heterocycles. The molecule has 0 unspecified atom stereocenters. The number of benzene rings is 3. The Kier molecular flexibility index (Phi) is 2.86. The van der Waals surface area contributed by atoms with Crippen molar-refractivity contribution >= 4 is 10.8 Å². The predicted octanol–water partition coefficient (Wildman–Crippen LogP) is 4.26. The van der Waals surface area contributed by atoms with E-state index in [0.717, 1.165) is 16.3 Å². The van der Waals surface area contributed by atoms with Crippen LogP contribution in [0, 0.1) is 0 Å². The van der Waals surface area contributed by atoms with Crippen molar-refractivity contribution in [3.63, 3.8) is 0 Å². The lowest BCUT2D eigenvalue weighted by atomic mass is 10.0. The number of phenolic OH excluding ortho intramolecular Hbond substituents is 1. The normalized spacial score (nSPS) is 10.9. The molecule has 0 saturated heterocycles. The lowest BCUT2D eigenvalue weighted by Gasteiger charge is -2.02. The highest BCUT2D eigenvalue weighted by molar-refractivity contribution is 5.94. The van der Waals surface area contributed by atoms with E-state index in [2.05, 4.69) is 10.2 Å². The third-order valence-corrected chi connectivity index (χ3v) is 3.58. The van der Waals surface area contributed by atoms with Crippen LogP contribution in [0.4, 0.5) is 0 Å². The van der Waals surface area contributed by atoms with Gasteiger partial charge in [-0.05, 0) is 29.0 Å². The van der Waals surface area contributed by atoms with Crippen molar-refractivity contribution in [2.75, 3.05) is 0 Å². The van der Waals surface area contributed by atoms with Gasteiger partial charge in [0.1, 0.15) is 5.75 Å². The average molecular weight is 288 g/mol. The van der Waals surface area contributed by atoms with Gasteiger partial charge >= 0.3 is 0 Å². The summed E-state index contributed by atoms with van der Waals surface area (Å²) in [5, 5.41) is 20.2. The Labute approximate surface area is 126 Å². The summed E-state index contributed by atoms with van der Waals surface area (Å²) in [5.74, 6) is 0.867. The van der Waals surface area contributed by atoms with E-state index < -0.39 is 0 Å². The second kappa shape index (κ2) is 5.00. The molecular formula is C18H12N2O2. The minimum atomic E-state index is 0.121. The van der Waals surface area contributed by atoms with Gasteiger partial charge in [0, 0.05) is 5.56 Å². The summed E-state index contributed by atoms with van der Waals surface area (Å²) in [5.41, 5.74) is 1.41. The molecule has 0 aliphatic rings. The summed E-state index contributed by atoms with van der Waals surface area (Å²) in [7, 11) is 0. The number of phenols is 1. The molecule has 3 aromatic carbocycles. The topological polar surface area (TPSA) is 59.2 Å². The largest absolute Gasteiger partial charge is 0.507 e. The molecule has 106 valence electrons. The Bertz CT molecular complexity index is 955. The summed E-state index contributed by atoms with van der Waals surface area (Å²) in [4.78, 5) is 0. The van der Waals surface area contributed by atoms with E-state index in [1.165, 1.54) is 0 Å². The summed E-state index contributed by atoms with van der Waals surface area (Å²) in [6.45, 7) is 0. The van der Waals surface area contributed by atoms with Gasteiger partial charge in [-0.25, -0.2) is 0 Å². The standard InChI is InChI=1S/C18H12N2O2/c21-16-11-4-3-9-15(16)18-20-19-17(22-18)14-10-5-7-12-6-1-2-8-13(12)14/h1-11,21H. The van der Waals surface area contributed by atoms with Gasteiger partial charge in [0.25, 0.3) is 5.89 Å². The van der Waals surface area contributed by atoms with Crippen LogP contribution < -0.4 is 0 Å². The molecule has 1 aromatic heterocycles. The van der Waals surface area contributed by atoms with Crippen LogP contribution in [0.5, 0.6) is 5.75 Å². The first kappa shape index (κ1) is 12.6. The fraction of sp³-hybridized carbons (Fsp3) is 0. The predicted molar refractivity (Wildman–Crippen MR) is 84.3 cm³/mol. The minimum Gasteiger partial charge on any atom is -0.507 e. The minimum absolute atomic E-state index is 0.121. The maximum Gasteiger partial charge on any atom is 0.251 e. The van der Waals surface area contributed by atoms with Gasteiger partial charge in [-0.1, -0.05) is 48.5 Å². The van der Waals surface area contributed by atoms with Crippen LogP contribution in [0.3, 0.4) is 0 Å². The molecule has 0 atom stereocenters. The van der Waals surface area contributed by atoms with E-state index in [9.17, 15) is 5.11 Å². The maximum atomic E-state index is 9.89. The smallest absolute Gasteiger partial charge is 0.251 e. The van der Waals surface area contributed by atoms with Gasteiger partial charge in [0.05, 0.1) is 5.56 Å². The number of aromatic nitrogens is 2. The van der Waals surface area contributed by atoms with Crippen molar-refractivity contribution in [3.8, 4) is 28.7 Å². The molecular weight excluding hydrogens is 276 g/mol. The number of para-hydroxylation sites is 1. The molecule has 0 spiro atoms. The number of aromatic hydroxyl groups is 1. The highest BCUT2D eigenvalue weighted by atomic mass is 16.4. The first-order chi connectivity index (χ1) is 10.8. The van der Waals surface area contributed by atoms with Gasteiger partial charge in [-0.15, -0.1) is 10.2 Å². The van der Waals surface area contributed by atoms with Gasteiger partial charge in [0.2, 0.25) is 5.89 Å². The monoisotopic (exact) mass is 288 g/mol. The molecule has 4 aromatic rings.